The molecule has 0 bridgehead atoms. The number of hydrogen-bond donors (Lipinski definition) is 1. The van der Waals surface area contributed by atoms with Crippen molar-refractivity contribution >= 4 is 11.4 Å². The normalized spacial score (nSPS) is 10.2. The Balaban J connectivity index is 2.41. The number of ether oxygens (including phenoxy) is 1. The van der Waals surface area contributed by atoms with E-state index < -0.39 is 0 Å². The van der Waals surface area contributed by atoms with Crippen molar-refractivity contribution in [3.8, 4) is 17.1 Å². The standard InChI is InChI=1S/C14H17N3O/c1-17(2)11-6-4-10(5-7-11)14-12(15)8-9-13(16-14)18-3/h4-9H,15H2,1-3H3. The number of benzene rings is 1. The molecule has 0 fully saturated rings. The average molecular weight is 243 g/mol. The first-order valence-electron chi connectivity index (χ1n) is 5.70. The van der Waals surface area contributed by atoms with Crippen LogP contribution in [0.15, 0.2) is 36.4 Å². The highest BCUT2D eigenvalue weighted by molar-refractivity contribution is 5.74. The van der Waals surface area contributed by atoms with Gasteiger partial charge in [0.15, 0.2) is 0 Å². The molecule has 0 aliphatic carbocycles. The molecule has 0 unspecified atom stereocenters. The molecule has 1 heterocycles. The zero-order valence-corrected chi connectivity index (χ0v) is 10.8. The summed E-state index contributed by atoms with van der Waals surface area (Å²) in [5.41, 5.74) is 9.46. The van der Waals surface area contributed by atoms with E-state index in [2.05, 4.69) is 4.98 Å². The Bertz CT molecular complexity index is 535. The highest BCUT2D eigenvalue weighted by Gasteiger charge is 2.06. The highest BCUT2D eigenvalue weighted by atomic mass is 16.5. The number of aromatic nitrogens is 1. The number of anilines is 2. The van der Waals surface area contributed by atoms with Crippen molar-refractivity contribution in [1.29, 1.82) is 0 Å². The van der Waals surface area contributed by atoms with Gasteiger partial charge in [-0.15, -0.1) is 0 Å². The number of nitrogens with two attached hydrogens (primary N) is 1. The fraction of sp³-hybridized carbons (Fsp3) is 0.214. The molecule has 0 amide bonds. The molecule has 0 saturated heterocycles. The molecule has 0 aliphatic rings. The molecule has 0 aliphatic heterocycles. The topological polar surface area (TPSA) is 51.4 Å². The zero-order chi connectivity index (χ0) is 13.1. The van der Waals surface area contributed by atoms with Gasteiger partial charge in [-0.05, 0) is 18.2 Å². The van der Waals surface area contributed by atoms with Crippen LogP contribution in [-0.2, 0) is 0 Å². The Labute approximate surface area is 107 Å². The predicted octanol–water partition coefficient (Wildman–Crippen LogP) is 2.41. The summed E-state index contributed by atoms with van der Waals surface area (Å²) in [5.74, 6) is 0.566. The molecule has 2 rings (SSSR count). The molecule has 0 radical (unpaired) electrons. The molecule has 94 valence electrons. The minimum Gasteiger partial charge on any atom is -0.481 e. The van der Waals surface area contributed by atoms with E-state index in [-0.39, 0.29) is 0 Å². The fourth-order valence-electron chi connectivity index (χ4n) is 1.71. The summed E-state index contributed by atoms with van der Waals surface area (Å²) in [6.45, 7) is 0. The van der Waals surface area contributed by atoms with Gasteiger partial charge in [-0.1, -0.05) is 12.1 Å². The van der Waals surface area contributed by atoms with Gasteiger partial charge in [-0.2, -0.15) is 0 Å². The minimum atomic E-state index is 0.566. The molecule has 4 nitrogen and oxygen atoms in total. The summed E-state index contributed by atoms with van der Waals surface area (Å²) in [6.07, 6.45) is 0. The number of nitrogens with zero attached hydrogens (tertiary/aromatic N) is 2. The Morgan fingerprint density at radius 2 is 1.72 bits per heavy atom. The van der Waals surface area contributed by atoms with Gasteiger partial charge < -0.3 is 15.4 Å². The van der Waals surface area contributed by atoms with E-state index in [4.69, 9.17) is 10.5 Å². The molecule has 1 aromatic heterocycles. The largest absolute Gasteiger partial charge is 0.481 e. The van der Waals surface area contributed by atoms with E-state index in [9.17, 15) is 0 Å². The molecule has 0 spiro atoms. The van der Waals surface area contributed by atoms with Crippen molar-refractivity contribution in [3.05, 3.63) is 36.4 Å². The van der Waals surface area contributed by atoms with Crippen LogP contribution in [0.2, 0.25) is 0 Å². The van der Waals surface area contributed by atoms with Crippen molar-refractivity contribution in [2.24, 2.45) is 0 Å². The third-order valence-corrected chi connectivity index (χ3v) is 2.77. The maximum atomic E-state index is 5.95. The van der Waals surface area contributed by atoms with Crippen molar-refractivity contribution < 1.29 is 4.74 Å². The molecular formula is C14H17N3O. The van der Waals surface area contributed by atoms with Crippen LogP contribution in [0.25, 0.3) is 11.3 Å². The third-order valence-electron chi connectivity index (χ3n) is 2.77. The number of nitrogen functional groups attached to an aromatic ring is 1. The van der Waals surface area contributed by atoms with Crippen molar-refractivity contribution in [3.63, 3.8) is 0 Å². The van der Waals surface area contributed by atoms with E-state index in [1.807, 2.05) is 43.3 Å². The molecule has 0 saturated carbocycles. The highest BCUT2D eigenvalue weighted by Crippen LogP contribution is 2.27. The van der Waals surface area contributed by atoms with Crippen LogP contribution in [0, 0.1) is 0 Å². The molecule has 2 N–H and O–H groups in total. The van der Waals surface area contributed by atoms with E-state index in [0.717, 1.165) is 16.9 Å². The molecule has 1 aromatic carbocycles. The summed E-state index contributed by atoms with van der Waals surface area (Å²) in [4.78, 5) is 6.42. The van der Waals surface area contributed by atoms with Gasteiger partial charge in [-0.3, -0.25) is 0 Å². The first-order chi connectivity index (χ1) is 8.61. The van der Waals surface area contributed by atoms with Gasteiger partial charge in [0.25, 0.3) is 0 Å². The number of rotatable bonds is 3. The summed E-state index contributed by atoms with van der Waals surface area (Å²) in [7, 11) is 5.61. The first kappa shape index (κ1) is 12.2. The van der Waals surface area contributed by atoms with Gasteiger partial charge in [0.1, 0.15) is 0 Å². The van der Waals surface area contributed by atoms with Crippen LogP contribution in [-0.4, -0.2) is 26.2 Å². The molecular weight excluding hydrogens is 226 g/mol. The lowest BCUT2D eigenvalue weighted by Gasteiger charge is -2.13. The molecule has 2 aromatic rings. The number of hydrogen-bond acceptors (Lipinski definition) is 4. The van der Waals surface area contributed by atoms with Gasteiger partial charge in [0, 0.05) is 31.4 Å². The maximum absolute atomic E-state index is 5.95. The lowest BCUT2D eigenvalue weighted by Crippen LogP contribution is -2.08. The molecule has 18 heavy (non-hydrogen) atoms. The van der Waals surface area contributed by atoms with Crippen LogP contribution >= 0.6 is 0 Å². The summed E-state index contributed by atoms with van der Waals surface area (Å²) >= 11 is 0. The van der Waals surface area contributed by atoms with Crippen LogP contribution in [0.3, 0.4) is 0 Å². The van der Waals surface area contributed by atoms with Crippen LogP contribution < -0.4 is 15.4 Å². The van der Waals surface area contributed by atoms with Crippen molar-refractivity contribution in [2.75, 3.05) is 31.8 Å². The van der Waals surface area contributed by atoms with Gasteiger partial charge in [0.2, 0.25) is 5.88 Å². The Hall–Kier alpha value is -2.23. The van der Waals surface area contributed by atoms with E-state index >= 15 is 0 Å². The van der Waals surface area contributed by atoms with Crippen molar-refractivity contribution in [2.45, 2.75) is 0 Å². The van der Waals surface area contributed by atoms with E-state index in [1.165, 1.54) is 0 Å². The lowest BCUT2D eigenvalue weighted by atomic mass is 10.1. The lowest BCUT2D eigenvalue weighted by molar-refractivity contribution is 0.398. The average Bonchev–Trinajstić information content (AvgIpc) is 2.39. The second kappa shape index (κ2) is 4.96. The van der Waals surface area contributed by atoms with Crippen LogP contribution in [0.4, 0.5) is 11.4 Å². The van der Waals surface area contributed by atoms with Gasteiger partial charge >= 0.3 is 0 Å². The third kappa shape index (κ3) is 2.37. The second-order valence-corrected chi connectivity index (χ2v) is 4.23. The van der Waals surface area contributed by atoms with Gasteiger partial charge in [0.05, 0.1) is 18.5 Å². The smallest absolute Gasteiger partial charge is 0.213 e. The zero-order valence-electron chi connectivity index (χ0n) is 10.8. The number of pyridine rings is 1. The minimum absolute atomic E-state index is 0.566. The summed E-state index contributed by atoms with van der Waals surface area (Å²) in [6, 6.07) is 11.7. The van der Waals surface area contributed by atoms with Gasteiger partial charge in [-0.25, -0.2) is 4.98 Å². The quantitative estimate of drug-likeness (QED) is 0.899. The first-order valence-corrected chi connectivity index (χ1v) is 5.70. The molecule has 0 atom stereocenters. The molecule has 4 heteroatoms. The van der Waals surface area contributed by atoms with Crippen LogP contribution in [0.1, 0.15) is 0 Å². The van der Waals surface area contributed by atoms with Crippen LogP contribution in [0.5, 0.6) is 5.88 Å². The summed E-state index contributed by atoms with van der Waals surface area (Å²) < 4.78 is 5.12. The Kier molecular flexibility index (Phi) is 3.37. The maximum Gasteiger partial charge on any atom is 0.213 e. The SMILES string of the molecule is COc1ccc(N)c(-c2ccc(N(C)C)cc2)n1. The predicted molar refractivity (Wildman–Crippen MR) is 75.0 cm³/mol. The summed E-state index contributed by atoms with van der Waals surface area (Å²) in [5, 5.41) is 0. The van der Waals surface area contributed by atoms with E-state index in [1.54, 1.807) is 19.2 Å². The fourth-order valence-corrected chi connectivity index (χ4v) is 1.71. The van der Waals surface area contributed by atoms with E-state index in [0.29, 0.717) is 11.6 Å². The Morgan fingerprint density at radius 3 is 2.28 bits per heavy atom. The second-order valence-electron chi connectivity index (χ2n) is 4.23. The monoisotopic (exact) mass is 243 g/mol. The van der Waals surface area contributed by atoms with Crippen molar-refractivity contribution in [1.82, 2.24) is 4.98 Å². The Morgan fingerprint density at radius 1 is 1.06 bits per heavy atom. The number of methoxy groups -OCH3 is 1.